The number of aryl methyl sites for hydroxylation is 2. The number of para-hydroxylation sites is 1. The largest absolute Gasteiger partial charge is 0.340 e. The molecule has 1 fully saturated rings. The highest BCUT2D eigenvalue weighted by atomic mass is 16.2. The number of benzene rings is 1. The third kappa shape index (κ3) is 3.16. The topological polar surface area (TPSA) is 97.9 Å². The van der Waals surface area contributed by atoms with E-state index >= 15 is 0 Å². The molecule has 4 heterocycles. The Labute approximate surface area is 183 Å². The van der Waals surface area contributed by atoms with Gasteiger partial charge in [-0.15, -0.1) is 0 Å². The number of amides is 1. The number of carbonyl (C=O) groups is 1. The second-order valence-electron chi connectivity index (χ2n) is 8.64. The maximum atomic E-state index is 13.2. The van der Waals surface area contributed by atoms with E-state index in [1.54, 1.807) is 7.05 Å². The molecule has 9 nitrogen and oxygen atoms in total. The number of H-pyrrole nitrogens is 1. The third-order valence-corrected chi connectivity index (χ3v) is 6.58. The highest BCUT2D eigenvalue weighted by Crippen LogP contribution is 2.27. The monoisotopic (exact) mass is 434 g/mol. The molecule has 1 atom stereocenters. The van der Waals surface area contributed by atoms with Gasteiger partial charge >= 0.3 is 5.69 Å². The molecule has 1 saturated heterocycles. The molecule has 32 heavy (non-hydrogen) atoms. The van der Waals surface area contributed by atoms with Crippen molar-refractivity contribution in [2.75, 3.05) is 13.1 Å². The van der Waals surface area contributed by atoms with Crippen LogP contribution in [0.25, 0.3) is 22.1 Å². The molecule has 9 heteroatoms. The molecule has 1 aliphatic heterocycles. The fraction of sp³-hybridized carbons (Fsp3) is 0.391. The fourth-order valence-corrected chi connectivity index (χ4v) is 4.76. The van der Waals surface area contributed by atoms with Crippen molar-refractivity contribution >= 4 is 28.0 Å². The average molecular weight is 435 g/mol. The Morgan fingerprint density at radius 3 is 2.78 bits per heavy atom. The van der Waals surface area contributed by atoms with Gasteiger partial charge in [0.05, 0.1) is 0 Å². The molecular formula is C23H26N6O3. The van der Waals surface area contributed by atoms with Gasteiger partial charge in [0, 0.05) is 44.3 Å². The molecule has 0 spiro atoms. The first kappa shape index (κ1) is 20.3. The van der Waals surface area contributed by atoms with Crippen molar-refractivity contribution in [1.29, 1.82) is 0 Å². The van der Waals surface area contributed by atoms with Crippen molar-refractivity contribution in [1.82, 2.24) is 28.6 Å². The van der Waals surface area contributed by atoms with Crippen LogP contribution in [-0.4, -0.2) is 47.6 Å². The fourth-order valence-electron chi connectivity index (χ4n) is 4.76. The zero-order chi connectivity index (χ0) is 22.6. The van der Waals surface area contributed by atoms with Crippen LogP contribution in [0.1, 0.15) is 30.3 Å². The summed E-state index contributed by atoms with van der Waals surface area (Å²) in [6.45, 7) is 3.55. The van der Waals surface area contributed by atoms with E-state index < -0.39 is 5.69 Å². The summed E-state index contributed by atoms with van der Waals surface area (Å²) in [4.78, 5) is 47.5. The summed E-state index contributed by atoms with van der Waals surface area (Å²) in [5.74, 6) is 0.708. The second-order valence-corrected chi connectivity index (χ2v) is 8.64. The summed E-state index contributed by atoms with van der Waals surface area (Å²) >= 11 is 0. The Hall–Kier alpha value is -3.62. The quantitative estimate of drug-likeness (QED) is 0.530. The molecule has 0 bridgehead atoms. The van der Waals surface area contributed by atoms with Crippen molar-refractivity contribution in [3.05, 3.63) is 62.7 Å². The number of nitrogens with one attached hydrogen (secondary N) is 1. The molecule has 4 aromatic rings. The number of imidazole rings is 1. The average Bonchev–Trinajstić information content (AvgIpc) is 3.38. The SMILES string of the molecule is Cc1cc2ccccc2n1CC(=O)N1CCCC(c2nc3c([nH]2)c(=O)n(C)c(=O)n3C)C1. The molecule has 0 radical (unpaired) electrons. The second kappa shape index (κ2) is 7.51. The summed E-state index contributed by atoms with van der Waals surface area (Å²) < 4.78 is 4.51. The minimum Gasteiger partial charge on any atom is -0.340 e. The number of aromatic nitrogens is 5. The van der Waals surface area contributed by atoms with Crippen LogP contribution in [0, 0.1) is 6.92 Å². The molecular weight excluding hydrogens is 408 g/mol. The molecule has 1 N–H and O–H groups in total. The summed E-state index contributed by atoms with van der Waals surface area (Å²) in [6.07, 6.45) is 1.72. The van der Waals surface area contributed by atoms with Crippen LogP contribution in [0.3, 0.4) is 0 Å². The Bertz CT molecular complexity index is 1470. The maximum absolute atomic E-state index is 13.2. The lowest BCUT2D eigenvalue weighted by Crippen LogP contribution is -2.41. The predicted octanol–water partition coefficient (Wildman–Crippen LogP) is 1.63. The molecule has 0 aliphatic carbocycles. The lowest BCUT2D eigenvalue weighted by molar-refractivity contribution is -0.133. The third-order valence-electron chi connectivity index (χ3n) is 6.58. The first-order chi connectivity index (χ1) is 15.3. The molecule has 166 valence electrons. The van der Waals surface area contributed by atoms with E-state index in [0.717, 1.165) is 34.0 Å². The minimum atomic E-state index is -0.407. The van der Waals surface area contributed by atoms with Gasteiger partial charge in [-0.2, -0.15) is 0 Å². The first-order valence-electron chi connectivity index (χ1n) is 10.8. The molecule has 3 aromatic heterocycles. The van der Waals surface area contributed by atoms with Gasteiger partial charge in [0.2, 0.25) is 5.91 Å². The number of nitrogens with zero attached hydrogens (tertiary/aromatic N) is 5. The van der Waals surface area contributed by atoms with E-state index in [1.165, 1.54) is 11.6 Å². The zero-order valence-corrected chi connectivity index (χ0v) is 18.5. The summed E-state index contributed by atoms with van der Waals surface area (Å²) in [6, 6.07) is 10.2. The summed E-state index contributed by atoms with van der Waals surface area (Å²) in [7, 11) is 3.06. The molecule has 0 saturated carbocycles. The molecule has 1 aromatic carbocycles. The van der Waals surface area contributed by atoms with Crippen LogP contribution < -0.4 is 11.2 Å². The first-order valence-corrected chi connectivity index (χ1v) is 10.8. The Morgan fingerprint density at radius 2 is 1.97 bits per heavy atom. The van der Waals surface area contributed by atoms with Gasteiger partial charge in [0.25, 0.3) is 5.56 Å². The summed E-state index contributed by atoms with van der Waals surface area (Å²) in [5.41, 5.74) is 1.99. The lowest BCUT2D eigenvalue weighted by Gasteiger charge is -2.32. The van der Waals surface area contributed by atoms with Crippen LogP contribution in [0.5, 0.6) is 0 Å². The van der Waals surface area contributed by atoms with E-state index in [1.807, 2.05) is 30.0 Å². The molecule has 1 aliphatic rings. The predicted molar refractivity (Wildman–Crippen MR) is 122 cm³/mol. The summed E-state index contributed by atoms with van der Waals surface area (Å²) in [5, 5.41) is 1.13. The van der Waals surface area contributed by atoms with Crippen molar-refractivity contribution < 1.29 is 4.79 Å². The number of carbonyl (C=O) groups excluding carboxylic acids is 1. The van der Waals surface area contributed by atoms with Gasteiger partial charge in [0.1, 0.15) is 17.9 Å². The van der Waals surface area contributed by atoms with E-state index in [9.17, 15) is 14.4 Å². The normalized spacial score (nSPS) is 16.8. The smallest absolute Gasteiger partial charge is 0.332 e. The van der Waals surface area contributed by atoms with Gasteiger partial charge in [-0.3, -0.25) is 18.7 Å². The number of likely N-dealkylation sites (tertiary alicyclic amines) is 1. The maximum Gasteiger partial charge on any atom is 0.332 e. The minimum absolute atomic E-state index is 0.0117. The van der Waals surface area contributed by atoms with Gasteiger partial charge in [0.15, 0.2) is 5.65 Å². The number of rotatable bonds is 3. The van der Waals surface area contributed by atoms with E-state index in [-0.39, 0.29) is 17.4 Å². The molecule has 1 unspecified atom stereocenters. The van der Waals surface area contributed by atoms with Crippen molar-refractivity contribution in [3.63, 3.8) is 0 Å². The Balaban J connectivity index is 1.41. The standard InChI is InChI=1S/C23H26N6O3/c1-14-11-15-7-4-5-9-17(15)29(14)13-18(30)28-10-6-8-16(12-28)20-24-19-21(25-20)26(2)23(32)27(3)22(19)31/h4-5,7,9,11,16H,6,8,10,12-13H2,1-3H3,(H,24,25). The van der Waals surface area contributed by atoms with Crippen LogP contribution in [0.2, 0.25) is 0 Å². The van der Waals surface area contributed by atoms with Crippen molar-refractivity contribution in [3.8, 4) is 0 Å². The van der Waals surface area contributed by atoms with Crippen LogP contribution in [0.4, 0.5) is 0 Å². The van der Waals surface area contributed by atoms with Crippen LogP contribution in [-0.2, 0) is 25.4 Å². The highest BCUT2D eigenvalue weighted by Gasteiger charge is 2.28. The highest BCUT2D eigenvalue weighted by molar-refractivity contribution is 5.84. The number of hydrogen-bond acceptors (Lipinski definition) is 4. The van der Waals surface area contributed by atoms with Crippen molar-refractivity contribution in [2.24, 2.45) is 14.1 Å². The number of aromatic amines is 1. The Morgan fingerprint density at radius 1 is 1.19 bits per heavy atom. The number of fused-ring (bicyclic) bond motifs is 2. The van der Waals surface area contributed by atoms with Gasteiger partial charge in [-0.1, -0.05) is 18.2 Å². The van der Waals surface area contributed by atoms with Gasteiger partial charge in [-0.25, -0.2) is 9.78 Å². The Kier molecular flexibility index (Phi) is 4.76. The number of hydrogen-bond donors (Lipinski definition) is 1. The lowest BCUT2D eigenvalue weighted by atomic mass is 9.97. The molecule has 1 amide bonds. The van der Waals surface area contributed by atoms with E-state index in [0.29, 0.717) is 36.6 Å². The van der Waals surface area contributed by atoms with Gasteiger partial charge in [-0.05, 0) is 37.3 Å². The number of piperidine rings is 1. The van der Waals surface area contributed by atoms with Crippen molar-refractivity contribution in [2.45, 2.75) is 32.2 Å². The van der Waals surface area contributed by atoms with E-state index in [2.05, 4.69) is 26.7 Å². The van der Waals surface area contributed by atoms with Crippen LogP contribution in [0.15, 0.2) is 39.9 Å². The zero-order valence-electron chi connectivity index (χ0n) is 18.5. The van der Waals surface area contributed by atoms with Crippen LogP contribution >= 0.6 is 0 Å². The van der Waals surface area contributed by atoms with E-state index in [4.69, 9.17) is 0 Å². The van der Waals surface area contributed by atoms with Gasteiger partial charge < -0.3 is 14.5 Å². The molecule has 5 rings (SSSR count).